The van der Waals surface area contributed by atoms with E-state index in [2.05, 4.69) is 55.3 Å². The van der Waals surface area contributed by atoms with Gasteiger partial charge in [-0.05, 0) is 39.2 Å². The van der Waals surface area contributed by atoms with Crippen molar-refractivity contribution in [3.8, 4) is 28.3 Å². The summed E-state index contributed by atoms with van der Waals surface area (Å²) >= 11 is 8.17. The second-order valence-electron chi connectivity index (χ2n) is 4.77. The van der Waals surface area contributed by atoms with Crippen LogP contribution in [0.1, 0.15) is 5.56 Å². The standard InChI is InChI=1S/C14H9ClIN4OP/c15-12-5-17-13-11-2-1-8(10-4-18-20(6-10)22-16)3-9(11)7-21-14(13)19-12/h1-6,22H,7H2. The van der Waals surface area contributed by atoms with Gasteiger partial charge in [0.2, 0.25) is 5.88 Å². The Labute approximate surface area is 146 Å². The van der Waals surface area contributed by atoms with Crippen LogP contribution in [0.4, 0.5) is 0 Å². The fraction of sp³-hybridized carbons (Fsp3) is 0.0714. The summed E-state index contributed by atoms with van der Waals surface area (Å²) in [7, 11) is 0. The van der Waals surface area contributed by atoms with Crippen LogP contribution >= 0.6 is 40.0 Å². The Morgan fingerprint density at radius 1 is 1.27 bits per heavy atom. The third-order valence-electron chi connectivity index (χ3n) is 3.44. The summed E-state index contributed by atoms with van der Waals surface area (Å²) in [5, 5.41) is 4.66. The number of aromatic nitrogens is 4. The lowest BCUT2D eigenvalue weighted by Gasteiger charge is -2.19. The molecule has 1 atom stereocenters. The summed E-state index contributed by atoms with van der Waals surface area (Å²) in [6, 6.07) is 6.24. The normalized spacial score (nSPS) is 13.0. The minimum absolute atomic E-state index is 0.339. The van der Waals surface area contributed by atoms with Gasteiger partial charge >= 0.3 is 0 Å². The molecule has 1 aliphatic rings. The first-order chi connectivity index (χ1) is 10.7. The lowest BCUT2D eigenvalue weighted by Crippen LogP contribution is -2.08. The molecule has 0 saturated carbocycles. The molecule has 2 aromatic heterocycles. The third-order valence-corrected chi connectivity index (χ3v) is 5.52. The maximum Gasteiger partial charge on any atom is 0.242 e. The van der Waals surface area contributed by atoms with Crippen LogP contribution in [-0.4, -0.2) is 19.5 Å². The van der Waals surface area contributed by atoms with Gasteiger partial charge in [0.25, 0.3) is 0 Å². The molecule has 8 heteroatoms. The number of benzene rings is 1. The molecule has 0 bridgehead atoms. The Morgan fingerprint density at radius 2 is 2.18 bits per heavy atom. The number of halogens is 2. The zero-order chi connectivity index (χ0) is 15.1. The van der Waals surface area contributed by atoms with E-state index < -0.39 is 0 Å². The smallest absolute Gasteiger partial charge is 0.242 e. The van der Waals surface area contributed by atoms with Crippen LogP contribution in [0.5, 0.6) is 5.88 Å². The number of hydrogen-bond donors (Lipinski definition) is 0. The van der Waals surface area contributed by atoms with Gasteiger partial charge in [0.15, 0.2) is 5.15 Å². The molecular weight excluding hydrogens is 434 g/mol. The quantitative estimate of drug-likeness (QED) is 0.438. The maximum atomic E-state index is 5.86. The average Bonchev–Trinajstić information content (AvgIpc) is 3.03. The van der Waals surface area contributed by atoms with E-state index in [0.717, 1.165) is 27.9 Å². The highest BCUT2D eigenvalue weighted by Crippen LogP contribution is 2.37. The monoisotopic (exact) mass is 442 g/mol. The number of hydrogen-bond acceptors (Lipinski definition) is 4. The van der Waals surface area contributed by atoms with Gasteiger partial charge in [0, 0.05) is 17.3 Å². The van der Waals surface area contributed by atoms with Gasteiger partial charge in [-0.2, -0.15) is 10.1 Å². The van der Waals surface area contributed by atoms with E-state index in [1.807, 2.05) is 16.8 Å². The average molecular weight is 443 g/mol. The van der Waals surface area contributed by atoms with Gasteiger partial charge in [0.1, 0.15) is 12.3 Å². The highest BCUT2D eigenvalue weighted by atomic mass is 127. The van der Waals surface area contributed by atoms with Gasteiger partial charge in [-0.1, -0.05) is 23.7 Å². The molecule has 0 spiro atoms. The number of rotatable bonds is 2. The minimum Gasteiger partial charge on any atom is -0.471 e. The first-order valence-electron chi connectivity index (χ1n) is 6.45. The number of ether oxygens (including phenoxy) is 1. The lowest BCUT2D eigenvalue weighted by atomic mass is 9.98. The van der Waals surface area contributed by atoms with Crippen molar-refractivity contribution in [3.05, 3.63) is 47.5 Å². The molecular formula is C14H9ClIN4OP. The van der Waals surface area contributed by atoms with Crippen molar-refractivity contribution in [2.75, 3.05) is 0 Å². The highest BCUT2D eigenvalue weighted by molar-refractivity contribution is 14.2. The molecule has 5 nitrogen and oxygen atoms in total. The topological polar surface area (TPSA) is 52.8 Å². The van der Waals surface area contributed by atoms with E-state index in [9.17, 15) is 0 Å². The summed E-state index contributed by atoms with van der Waals surface area (Å²) in [6.45, 7) is 0.466. The third kappa shape index (κ3) is 2.49. The predicted molar refractivity (Wildman–Crippen MR) is 95.8 cm³/mol. The Bertz CT molecular complexity index is 870. The lowest BCUT2D eigenvalue weighted by molar-refractivity contribution is 0.288. The maximum absolute atomic E-state index is 5.86. The Balaban J connectivity index is 1.78. The van der Waals surface area contributed by atoms with Crippen LogP contribution in [0.25, 0.3) is 22.4 Å². The van der Waals surface area contributed by atoms with Crippen molar-refractivity contribution in [2.45, 2.75) is 6.61 Å². The molecule has 0 N–H and O–H groups in total. The summed E-state index contributed by atoms with van der Waals surface area (Å²) in [4.78, 5) is 8.52. The summed E-state index contributed by atoms with van der Waals surface area (Å²) in [5.41, 5.74) is 5.08. The molecule has 3 aromatic rings. The molecule has 0 radical (unpaired) electrons. The largest absolute Gasteiger partial charge is 0.471 e. The van der Waals surface area contributed by atoms with E-state index >= 15 is 0 Å². The van der Waals surface area contributed by atoms with Crippen LogP contribution in [0.3, 0.4) is 0 Å². The van der Waals surface area contributed by atoms with Gasteiger partial charge in [0.05, 0.1) is 18.8 Å². The number of nitrogens with zero attached hydrogens (tertiary/aromatic N) is 4. The van der Waals surface area contributed by atoms with E-state index in [0.29, 0.717) is 24.0 Å². The Kier molecular flexibility index (Phi) is 3.76. The summed E-state index contributed by atoms with van der Waals surface area (Å²) < 4.78 is 7.59. The molecule has 3 heterocycles. The minimum atomic E-state index is 0.339. The summed E-state index contributed by atoms with van der Waals surface area (Å²) in [5.74, 6) is 0.492. The Morgan fingerprint density at radius 3 is 3.00 bits per heavy atom. The van der Waals surface area contributed by atoms with Crippen molar-refractivity contribution in [2.24, 2.45) is 0 Å². The zero-order valence-corrected chi connectivity index (χ0v) is 15.0. The Hall–Kier alpha value is -1.24. The summed E-state index contributed by atoms with van der Waals surface area (Å²) in [6.07, 6.45) is 6.06. The van der Waals surface area contributed by atoms with E-state index in [-0.39, 0.29) is 0 Å². The molecule has 4 rings (SSSR count). The second-order valence-corrected chi connectivity index (χ2v) is 7.23. The molecule has 1 aromatic carbocycles. The molecule has 0 saturated heterocycles. The molecule has 110 valence electrons. The molecule has 1 aliphatic heterocycles. The molecule has 22 heavy (non-hydrogen) atoms. The first-order valence-corrected chi connectivity index (χ1v) is 10.9. The van der Waals surface area contributed by atoms with E-state index in [4.69, 9.17) is 16.3 Å². The van der Waals surface area contributed by atoms with Crippen LogP contribution in [0, 0.1) is 0 Å². The van der Waals surface area contributed by atoms with Gasteiger partial charge in [-0.3, -0.25) is 0 Å². The fourth-order valence-electron chi connectivity index (χ4n) is 2.43. The van der Waals surface area contributed by atoms with Gasteiger partial charge < -0.3 is 4.74 Å². The molecule has 0 amide bonds. The molecule has 0 fully saturated rings. The molecule has 0 aliphatic carbocycles. The van der Waals surface area contributed by atoms with Gasteiger partial charge in [-0.25, -0.2) is 9.44 Å². The van der Waals surface area contributed by atoms with Crippen LogP contribution in [0.15, 0.2) is 36.8 Å². The first kappa shape index (κ1) is 14.4. The second kappa shape index (κ2) is 5.76. The van der Waals surface area contributed by atoms with E-state index in [1.54, 1.807) is 0 Å². The fourth-order valence-corrected chi connectivity index (χ4v) is 3.63. The molecule has 1 unspecified atom stereocenters. The van der Waals surface area contributed by atoms with Crippen molar-refractivity contribution in [1.29, 1.82) is 0 Å². The van der Waals surface area contributed by atoms with Crippen LogP contribution < -0.4 is 4.74 Å². The predicted octanol–water partition coefficient (Wildman–Crippen LogP) is 4.34. The van der Waals surface area contributed by atoms with Crippen LogP contribution in [-0.2, 0) is 6.61 Å². The number of fused-ring (bicyclic) bond motifs is 3. The van der Waals surface area contributed by atoms with E-state index in [1.165, 1.54) is 6.20 Å². The van der Waals surface area contributed by atoms with Gasteiger partial charge in [-0.15, -0.1) is 0 Å². The van der Waals surface area contributed by atoms with Crippen molar-refractivity contribution in [1.82, 2.24) is 19.5 Å². The van der Waals surface area contributed by atoms with Crippen molar-refractivity contribution in [3.63, 3.8) is 0 Å². The SMILES string of the molecule is Clc1cnc2c(n1)OCc1cc(-c3cnn(PI)c3)ccc1-2. The van der Waals surface area contributed by atoms with Crippen LogP contribution in [0.2, 0.25) is 5.15 Å². The highest BCUT2D eigenvalue weighted by Gasteiger charge is 2.21. The van der Waals surface area contributed by atoms with Crippen molar-refractivity contribution < 1.29 is 4.74 Å². The van der Waals surface area contributed by atoms with Crippen molar-refractivity contribution >= 4 is 40.0 Å². The zero-order valence-electron chi connectivity index (χ0n) is 11.1.